The van der Waals surface area contributed by atoms with Gasteiger partial charge in [-0.15, -0.1) is 0 Å². The molecule has 0 spiro atoms. The van der Waals surface area contributed by atoms with Crippen molar-refractivity contribution in [2.75, 3.05) is 33.3 Å². The highest BCUT2D eigenvalue weighted by Gasteiger charge is 2.46. The number of likely N-dealkylation sites (N-methyl/N-ethyl adjacent to an activating group) is 1. The molecule has 2 unspecified atom stereocenters. The first-order valence-corrected chi connectivity index (χ1v) is 13.3. The predicted molar refractivity (Wildman–Crippen MR) is 149 cm³/mol. The summed E-state index contributed by atoms with van der Waals surface area (Å²) in [7, 11) is 1.84. The van der Waals surface area contributed by atoms with Crippen LogP contribution >= 0.6 is 0 Å². The Labute approximate surface area is 233 Å². The molecule has 9 nitrogen and oxygen atoms in total. The van der Waals surface area contributed by atoms with E-state index in [2.05, 4.69) is 17.4 Å². The number of carbonyl (C=O) groups excluding carboxylic acids is 2. The Bertz CT molecular complexity index is 1350. The number of rotatable bonds is 9. The minimum Gasteiger partial charge on any atom is -0.479 e. The van der Waals surface area contributed by atoms with Crippen LogP contribution in [-0.2, 0) is 20.9 Å². The van der Waals surface area contributed by atoms with Gasteiger partial charge in [-0.05, 0) is 34.9 Å². The monoisotopic (exact) mass is 543 g/mol. The average molecular weight is 544 g/mol. The van der Waals surface area contributed by atoms with Gasteiger partial charge in [0, 0.05) is 32.0 Å². The second kappa shape index (κ2) is 11.5. The number of ether oxygens (including phenoxy) is 1. The van der Waals surface area contributed by atoms with E-state index in [-0.39, 0.29) is 38.6 Å². The summed E-state index contributed by atoms with van der Waals surface area (Å²) >= 11 is 0. The summed E-state index contributed by atoms with van der Waals surface area (Å²) in [6.07, 6.45) is -0.813. The Hall–Kier alpha value is -4.21. The van der Waals surface area contributed by atoms with Crippen LogP contribution in [0.15, 0.2) is 78.9 Å². The van der Waals surface area contributed by atoms with E-state index in [1.54, 1.807) is 0 Å². The summed E-state index contributed by atoms with van der Waals surface area (Å²) in [4.78, 5) is 41.3. The number of benzene rings is 3. The van der Waals surface area contributed by atoms with Crippen molar-refractivity contribution in [3.05, 3.63) is 95.6 Å². The molecule has 1 saturated heterocycles. The zero-order valence-electron chi connectivity index (χ0n) is 22.3. The third-order valence-corrected chi connectivity index (χ3v) is 7.68. The Kier molecular flexibility index (Phi) is 7.86. The number of amides is 2. The fraction of sp³-hybridized carbons (Fsp3) is 0.323. The van der Waals surface area contributed by atoms with Crippen LogP contribution in [0.3, 0.4) is 0 Å². The van der Waals surface area contributed by atoms with Crippen molar-refractivity contribution in [3.63, 3.8) is 0 Å². The molecular weight excluding hydrogens is 510 g/mol. The van der Waals surface area contributed by atoms with Crippen LogP contribution in [0, 0.1) is 0 Å². The van der Waals surface area contributed by atoms with E-state index in [4.69, 9.17) is 4.74 Å². The standard InChI is InChI=1S/C31H33N3O6/c1-33(17-21-9-3-2-4-10-21)18-27(28(35)34-16-15-31(39,20-34)29(36)37)32-30(38)40-19-26-24-13-7-5-11-22(24)23-12-6-8-14-25(23)26/h2-14,26-27,39H,15-20H2,1H3,(H,32,38)(H,36,37). The lowest BCUT2D eigenvalue weighted by molar-refractivity contribution is -0.157. The van der Waals surface area contributed by atoms with Gasteiger partial charge in [-0.3, -0.25) is 9.69 Å². The first kappa shape index (κ1) is 27.4. The fourth-order valence-electron chi connectivity index (χ4n) is 5.62. The SMILES string of the molecule is CN(Cc1ccccc1)CC(NC(=O)OCC1c2ccccc2-c2ccccc21)C(=O)N1CCC(O)(C(=O)O)C1. The van der Waals surface area contributed by atoms with Crippen LogP contribution in [0.25, 0.3) is 11.1 Å². The van der Waals surface area contributed by atoms with Crippen molar-refractivity contribution in [1.29, 1.82) is 0 Å². The van der Waals surface area contributed by atoms with Gasteiger partial charge in [-0.1, -0.05) is 78.9 Å². The third kappa shape index (κ3) is 5.71. The number of nitrogens with one attached hydrogen (secondary N) is 1. The highest BCUT2D eigenvalue weighted by Crippen LogP contribution is 2.44. The molecule has 2 atom stereocenters. The molecule has 1 aliphatic carbocycles. The third-order valence-electron chi connectivity index (χ3n) is 7.68. The Balaban J connectivity index is 1.28. The first-order valence-electron chi connectivity index (χ1n) is 13.3. The summed E-state index contributed by atoms with van der Waals surface area (Å²) in [6, 6.07) is 24.8. The van der Waals surface area contributed by atoms with Crippen molar-refractivity contribution in [1.82, 2.24) is 15.1 Å². The molecule has 3 N–H and O–H groups in total. The molecule has 0 bridgehead atoms. The predicted octanol–water partition coefficient (Wildman–Crippen LogP) is 3.07. The number of nitrogens with zero attached hydrogens (tertiary/aromatic N) is 2. The molecule has 0 aromatic heterocycles. The zero-order valence-corrected chi connectivity index (χ0v) is 22.3. The number of carboxylic acids is 1. The van der Waals surface area contributed by atoms with Gasteiger partial charge in [0.1, 0.15) is 12.6 Å². The van der Waals surface area contributed by atoms with Crippen molar-refractivity contribution < 1.29 is 29.3 Å². The van der Waals surface area contributed by atoms with Crippen LogP contribution in [0.5, 0.6) is 0 Å². The van der Waals surface area contributed by atoms with E-state index in [1.807, 2.05) is 78.7 Å². The minimum atomic E-state index is -2.00. The van der Waals surface area contributed by atoms with Crippen LogP contribution in [-0.4, -0.2) is 82.9 Å². The Morgan fingerprint density at radius 1 is 1.00 bits per heavy atom. The van der Waals surface area contributed by atoms with Crippen LogP contribution in [0.2, 0.25) is 0 Å². The summed E-state index contributed by atoms with van der Waals surface area (Å²) in [6.45, 7) is 0.540. The number of β-amino-alcohol motifs (C(OH)–C–C–N with tert-alkyl or cyclic N) is 1. The van der Waals surface area contributed by atoms with E-state index in [0.29, 0.717) is 6.54 Å². The molecule has 9 heteroatoms. The molecule has 208 valence electrons. The van der Waals surface area contributed by atoms with Crippen LogP contribution in [0.4, 0.5) is 4.79 Å². The van der Waals surface area contributed by atoms with Crippen molar-refractivity contribution in [2.45, 2.75) is 30.5 Å². The lowest BCUT2D eigenvalue weighted by Crippen LogP contribution is -2.54. The van der Waals surface area contributed by atoms with Gasteiger partial charge in [0.2, 0.25) is 5.91 Å². The molecule has 40 heavy (non-hydrogen) atoms. The van der Waals surface area contributed by atoms with E-state index >= 15 is 0 Å². The molecule has 3 aromatic rings. The van der Waals surface area contributed by atoms with Crippen LogP contribution in [0.1, 0.15) is 29.0 Å². The first-order chi connectivity index (χ1) is 19.2. The van der Waals surface area contributed by atoms with E-state index in [0.717, 1.165) is 27.8 Å². The molecule has 1 aliphatic heterocycles. The summed E-state index contributed by atoms with van der Waals surface area (Å²) in [5.74, 6) is -1.96. The number of aliphatic carboxylic acids is 1. The second-order valence-electron chi connectivity index (χ2n) is 10.6. The number of likely N-dealkylation sites (tertiary alicyclic amines) is 1. The molecule has 0 saturated carbocycles. The molecule has 0 radical (unpaired) electrons. The number of aliphatic hydroxyl groups is 1. The summed E-state index contributed by atoms with van der Waals surface area (Å²) < 4.78 is 5.68. The normalized spacial score (nSPS) is 18.7. The smallest absolute Gasteiger partial charge is 0.407 e. The lowest BCUT2D eigenvalue weighted by Gasteiger charge is -2.28. The van der Waals surface area contributed by atoms with Crippen LogP contribution < -0.4 is 5.32 Å². The number of hydrogen-bond acceptors (Lipinski definition) is 6. The molecule has 3 aromatic carbocycles. The van der Waals surface area contributed by atoms with Gasteiger partial charge >= 0.3 is 12.1 Å². The molecule has 5 rings (SSSR count). The summed E-state index contributed by atoms with van der Waals surface area (Å²) in [5.41, 5.74) is 3.43. The van der Waals surface area contributed by atoms with Crippen molar-refractivity contribution >= 4 is 18.0 Å². The second-order valence-corrected chi connectivity index (χ2v) is 10.6. The van der Waals surface area contributed by atoms with Gasteiger partial charge in [-0.25, -0.2) is 9.59 Å². The highest BCUT2D eigenvalue weighted by molar-refractivity contribution is 5.88. The van der Waals surface area contributed by atoms with E-state index < -0.39 is 29.6 Å². The van der Waals surface area contributed by atoms with E-state index in [9.17, 15) is 24.6 Å². The van der Waals surface area contributed by atoms with Gasteiger partial charge in [-0.2, -0.15) is 0 Å². The topological polar surface area (TPSA) is 119 Å². The minimum absolute atomic E-state index is 0.0763. The zero-order chi connectivity index (χ0) is 28.3. The Morgan fingerprint density at radius 3 is 2.20 bits per heavy atom. The van der Waals surface area contributed by atoms with Gasteiger partial charge in [0.05, 0.1) is 6.54 Å². The summed E-state index contributed by atoms with van der Waals surface area (Å²) in [5, 5.41) is 22.5. The number of carbonyl (C=O) groups is 3. The van der Waals surface area contributed by atoms with Gasteiger partial charge in [0.25, 0.3) is 0 Å². The van der Waals surface area contributed by atoms with Crippen molar-refractivity contribution in [2.24, 2.45) is 0 Å². The molecular formula is C31H33N3O6. The highest BCUT2D eigenvalue weighted by atomic mass is 16.5. The fourth-order valence-corrected chi connectivity index (χ4v) is 5.62. The quantitative estimate of drug-likeness (QED) is 0.380. The molecule has 2 amide bonds. The largest absolute Gasteiger partial charge is 0.479 e. The lowest BCUT2D eigenvalue weighted by atomic mass is 9.98. The molecule has 1 fully saturated rings. The number of fused-ring (bicyclic) bond motifs is 3. The van der Waals surface area contributed by atoms with Gasteiger partial charge in [0.15, 0.2) is 5.60 Å². The average Bonchev–Trinajstić information content (AvgIpc) is 3.51. The maximum Gasteiger partial charge on any atom is 0.407 e. The maximum absolute atomic E-state index is 13.5. The van der Waals surface area contributed by atoms with Gasteiger partial charge < -0.3 is 25.2 Å². The van der Waals surface area contributed by atoms with Crippen molar-refractivity contribution in [3.8, 4) is 11.1 Å². The number of carboxylic acid groups (broad SMARTS) is 1. The Morgan fingerprint density at radius 2 is 1.60 bits per heavy atom. The molecule has 2 aliphatic rings. The number of hydrogen-bond donors (Lipinski definition) is 3. The molecule has 1 heterocycles. The van der Waals surface area contributed by atoms with E-state index in [1.165, 1.54) is 4.90 Å². The maximum atomic E-state index is 13.5. The number of alkyl carbamates (subject to hydrolysis) is 1.